The SMILES string of the molecule is CN(C)S(=O)(=O)c1ccc(N2CCCC2)c(C(=O)OCC(=O)N(CCC#N)CCC#N)c1. The van der Waals surface area contributed by atoms with E-state index in [1.165, 1.54) is 31.1 Å². The van der Waals surface area contributed by atoms with Gasteiger partial charge in [0.2, 0.25) is 10.0 Å². The van der Waals surface area contributed by atoms with Crippen molar-refractivity contribution in [1.29, 1.82) is 10.5 Å². The summed E-state index contributed by atoms with van der Waals surface area (Å²) in [6.45, 7) is 1.15. The van der Waals surface area contributed by atoms with E-state index in [2.05, 4.69) is 0 Å². The molecule has 11 heteroatoms. The number of carbonyl (C=O) groups excluding carboxylic acids is 2. The van der Waals surface area contributed by atoms with Crippen molar-refractivity contribution < 1.29 is 22.7 Å². The first-order valence-corrected chi connectivity index (χ1v) is 11.7. The molecule has 0 N–H and O–H groups in total. The zero-order chi connectivity index (χ0) is 23.7. The zero-order valence-electron chi connectivity index (χ0n) is 18.3. The Labute approximate surface area is 188 Å². The molecule has 1 aromatic rings. The molecular weight excluding hydrogens is 434 g/mol. The van der Waals surface area contributed by atoms with E-state index in [0.29, 0.717) is 5.69 Å². The van der Waals surface area contributed by atoms with Crippen LogP contribution in [0.5, 0.6) is 0 Å². The number of anilines is 1. The summed E-state index contributed by atoms with van der Waals surface area (Å²) < 4.78 is 31.4. The molecule has 1 aromatic carbocycles. The van der Waals surface area contributed by atoms with Crippen molar-refractivity contribution >= 4 is 27.6 Å². The van der Waals surface area contributed by atoms with E-state index >= 15 is 0 Å². The number of esters is 1. The second-order valence-corrected chi connectivity index (χ2v) is 9.59. The minimum absolute atomic E-state index is 0.0478. The zero-order valence-corrected chi connectivity index (χ0v) is 19.1. The van der Waals surface area contributed by atoms with Crippen molar-refractivity contribution in [3.05, 3.63) is 23.8 Å². The molecule has 0 bridgehead atoms. The summed E-state index contributed by atoms with van der Waals surface area (Å²) in [6.07, 6.45) is 2.10. The predicted molar refractivity (Wildman–Crippen MR) is 116 cm³/mol. The van der Waals surface area contributed by atoms with Gasteiger partial charge < -0.3 is 14.5 Å². The molecule has 2 rings (SSSR count). The van der Waals surface area contributed by atoms with E-state index < -0.39 is 28.5 Å². The Morgan fingerprint density at radius 1 is 1.09 bits per heavy atom. The lowest BCUT2D eigenvalue weighted by Gasteiger charge is -2.23. The average Bonchev–Trinajstić information content (AvgIpc) is 3.31. The molecule has 10 nitrogen and oxygen atoms in total. The summed E-state index contributed by atoms with van der Waals surface area (Å²) in [5, 5.41) is 17.5. The number of ether oxygens (including phenoxy) is 1. The number of nitriles is 2. The summed E-state index contributed by atoms with van der Waals surface area (Å²) >= 11 is 0. The van der Waals surface area contributed by atoms with E-state index in [9.17, 15) is 18.0 Å². The van der Waals surface area contributed by atoms with Crippen molar-refractivity contribution in [1.82, 2.24) is 9.21 Å². The van der Waals surface area contributed by atoms with Gasteiger partial charge in [-0.3, -0.25) is 4.79 Å². The Morgan fingerprint density at radius 2 is 1.69 bits per heavy atom. The second kappa shape index (κ2) is 11.5. The standard InChI is InChI=1S/C21H27N5O5S/c1-24(2)32(29,30)17-7-8-19(25-11-3-4-12-25)18(15-17)21(28)31-16-20(27)26(13-5-9-22)14-6-10-23/h7-8,15H,3-6,11-14,16H2,1-2H3. The highest BCUT2D eigenvalue weighted by atomic mass is 32.2. The Bertz CT molecular complexity index is 1000. The van der Waals surface area contributed by atoms with E-state index in [0.717, 1.165) is 30.2 Å². The number of hydrogen-bond donors (Lipinski definition) is 0. The fraction of sp³-hybridized carbons (Fsp3) is 0.524. The van der Waals surface area contributed by atoms with Crippen molar-refractivity contribution in [3.63, 3.8) is 0 Å². The van der Waals surface area contributed by atoms with Crippen LogP contribution in [0.15, 0.2) is 23.1 Å². The molecule has 32 heavy (non-hydrogen) atoms. The van der Waals surface area contributed by atoms with Crippen molar-refractivity contribution in [3.8, 4) is 12.1 Å². The molecule has 0 unspecified atom stereocenters. The smallest absolute Gasteiger partial charge is 0.340 e. The average molecular weight is 462 g/mol. The van der Waals surface area contributed by atoms with Gasteiger partial charge in [0.1, 0.15) is 0 Å². The van der Waals surface area contributed by atoms with Gasteiger partial charge in [-0.15, -0.1) is 0 Å². The molecule has 0 radical (unpaired) electrons. The number of amides is 1. The second-order valence-electron chi connectivity index (χ2n) is 7.43. The van der Waals surface area contributed by atoms with Gasteiger partial charge in [-0.2, -0.15) is 10.5 Å². The van der Waals surface area contributed by atoms with Crippen LogP contribution in [0, 0.1) is 22.7 Å². The van der Waals surface area contributed by atoms with Crippen LogP contribution in [0.2, 0.25) is 0 Å². The Kier molecular flexibility index (Phi) is 9.00. The number of benzene rings is 1. The lowest BCUT2D eigenvalue weighted by atomic mass is 10.1. The Balaban J connectivity index is 2.25. The molecule has 0 saturated carbocycles. The summed E-state index contributed by atoms with van der Waals surface area (Å²) in [4.78, 5) is 28.6. The Hall–Kier alpha value is -3.15. The topological polar surface area (TPSA) is 135 Å². The van der Waals surface area contributed by atoms with Crippen LogP contribution in [0.1, 0.15) is 36.0 Å². The van der Waals surface area contributed by atoms with Gasteiger partial charge in [0.15, 0.2) is 6.61 Å². The quantitative estimate of drug-likeness (QED) is 0.477. The maximum absolute atomic E-state index is 12.9. The van der Waals surface area contributed by atoms with Crippen LogP contribution in [-0.4, -0.2) is 76.4 Å². The number of sulfonamides is 1. The van der Waals surface area contributed by atoms with Crippen molar-refractivity contribution in [2.45, 2.75) is 30.6 Å². The lowest BCUT2D eigenvalue weighted by molar-refractivity contribution is -0.134. The van der Waals surface area contributed by atoms with E-state index in [1.807, 2.05) is 17.0 Å². The fourth-order valence-corrected chi connectivity index (χ4v) is 4.24. The molecule has 1 amide bonds. The molecule has 0 atom stereocenters. The minimum Gasteiger partial charge on any atom is -0.452 e. The first-order valence-electron chi connectivity index (χ1n) is 10.2. The van der Waals surface area contributed by atoms with Crippen LogP contribution in [0.25, 0.3) is 0 Å². The molecule has 0 spiro atoms. The number of nitrogens with zero attached hydrogens (tertiary/aromatic N) is 5. The van der Waals surface area contributed by atoms with Crippen LogP contribution >= 0.6 is 0 Å². The third-order valence-corrected chi connectivity index (χ3v) is 6.89. The first kappa shape index (κ1) is 25.1. The Morgan fingerprint density at radius 3 is 2.22 bits per heavy atom. The van der Waals surface area contributed by atoms with Crippen LogP contribution in [0.4, 0.5) is 5.69 Å². The van der Waals surface area contributed by atoms with Gasteiger partial charge in [-0.05, 0) is 31.0 Å². The van der Waals surface area contributed by atoms with Gasteiger partial charge in [0.25, 0.3) is 5.91 Å². The van der Waals surface area contributed by atoms with Gasteiger partial charge in [-0.1, -0.05) is 0 Å². The van der Waals surface area contributed by atoms with Crippen LogP contribution in [-0.2, 0) is 19.6 Å². The monoisotopic (exact) mass is 461 g/mol. The number of rotatable bonds is 10. The maximum atomic E-state index is 12.9. The normalized spacial score (nSPS) is 13.5. The molecule has 1 fully saturated rings. The van der Waals surface area contributed by atoms with E-state index in [1.54, 1.807) is 6.07 Å². The number of hydrogen-bond acceptors (Lipinski definition) is 8. The minimum atomic E-state index is -3.77. The van der Waals surface area contributed by atoms with Crippen LogP contribution in [0.3, 0.4) is 0 Å². The van der Waals surface area contributed by atoms with Gasteiger partial charge in [0.05, 0.1) is 41.1 Å². The first-order chi connectivity index (χ1) is 15.2. The fourth-order valence-electron chi connectivity index (χ4n) is 3.31. The molecule has 0 aliphatic carbocycles. The highest BCUT2D eigenvalue weighted by molar-refractivity contribution is 7.89. The molecule has 1 heterocycles. The molecule has 0 aromatic heterocycles. The largest absolute Gasteiger partial charge is 0.452 e. The molecule has 1 saturated heterocycles. The highest BCUT2D eigenvalue weighted by Gasteiger charge is 2.26. The lowest BCUT2D eigenvalue weighted by Crippen LogP contribution is -2.36. The van der Waals surface area contributed by atoms with Gasteiger partial charge in [-0.25, -0.2) is 17.5 Å². The van der Waals surface area contributed by atoms with Gasteiger partial charge >= 0.3 is 5.97 Å². The summed E-state index contributed by atoms with van der Waals surface area (Å²) in [6, 6.07) is 8.20. The molecule has 1 aliphatic rings. The summed E-state index contributed by atoms with van der Waals surface area (Å²) in [5.74, 6) is -1.33. The summed E-state index contributed by atoms with van der Waals surface area (Å²) in [5.41, 5.74) is 0.631. The predicted octanol–water partition coefficient (Wildman–Crippen LogP) is 1.35. The molecular formula is C21H27N5O5S. The summed E-state index contributed by atoms with van der Waals surface area (Å²) in [7, 11) is -0.967. The third-order valence-electron chi connectivity index (χ3n) is 5.08. The molecule has 172 valence electrons. The van der Waals surface area contributed by atoms with E-state index in [4.69, 9.17) is 15.3 Å². The van der Waals surface area contributed by atoms with Gasteiger partial charge in [0, 0.05) is 40.3 Å². The number of carbonyl (C=O) groups is 2. The van der Waals surface area contributed by atoms with Crippen molar-refractivity contribution in [2.75, 3.05) is 51.8 Å². The maximum Gasteiger partial charge on any atom is 0.340 e. The highest BCUT2D eigenvalue weighted by Crippen LogP contribution is 2.28. The molecule has 1 aliphatic heterocycles. The third kappa shape index (κ3) is 6.19. The van der Waals surface area contributed by atoms with Crippen molar-refractivity contribution in [2.24, 2.45) is 0 Å². The van der Waals surface area contributed by atoms with E-state index in [-0.39, 0.29) is 36.4 Å². The van der Waals surface area contributed by atoms with Crippen LogP contribution < -0.4 is 4.90 Å².